The highest BCUT2D eigenvalue weighted by atomic mass is 16.2. The Hall–Kier alpha value is -0.610. The maximum absolute atomic E-state index is 12.1. The molecule has 0 spiro atoms. The van der Waals surface area contributed by atoms with Crippen LogP contribution in [0.25, 0.3) is 0 Å². The molecule has 0 aliphatic carbocycles. The SMILES string of the molecule is CN1CCCN(C(=O)CC2CCNC2)CC1. The van der Waals surface area contributed by atoms with Gasteiger partial charge in [-0.05, 0) is 45.4 Å². The average molecular weight is 225 g/mol. The molecule has 0 aromatic rings. The Kier molecular flexibility index (Phi) is 4.18. The molecule has 92 valence electrons. The number of rotatable bonds is 2. The van der Waals surface area contributed by atoms with Gasteiger partial charge in [0, 0.05) is 26.1 Å². The van der Waals surface area contributed by atoms with E-state index in [1.54, 1.807) is 0 Å². The number of hydrogen-bond donors (Lipinski definition) is 1. The van der Waals surface area contributed by atoms with Gasteiger partial charge < -0.3 is 15.1 Å². The molecule has 0 saturated carbocycles. The van der Waals surface area contributed by atoms with Crippen LogP contribution in [0, 0.1) is 5.92 Å². The molecule has 0 bridgehead atoms. The molecule has 2 aliphatic heterocycles. The summed E-state index contributed by atoms with van der Waals surface area (Å²) in [7, 11) is 2.13. The first kappa shape index (κ1) is 11.9. The van der Waals surface area contributed by atoms with Crippen LogP contribution in [-0.2, 0) is 4.79 Å². The fourth-order valence-electron chi connectivity index (χ4n) is 2.56. The lowest BCUT2D eigenvalue weighted by atomic mass is 10.0. The Balaban J connectivity index is 1.78. The average Bonchev–Trinajstić information content (AvgIpc) is 2.66. The molecule has 1 amide bonds. The smallest absolute Gasteiger partial charge is 0.222 e. The number of carbonyl (C=O) groups is 1. The number of carbonyl (C=O) groups excluding carboxylic acids is 1. The van der Waals surface area contributed by atoms with Gasteiger partial charge in [0.25, 0.3) is 0 Å². The van der Waals surface area contributed by atoms with Gasteiger partial charge in [-0.15, -0.1) is 0 Å². The zero-order valence-electron chi connectivity index (χ0n) is 10.2. The summed E-state index contributed by atoms with van der Waals surface area (Å²) < 4.78 is 0. The zero-order chi connectivity index (χ0) is 11.4. The highest BCUT2D eigenvalue weighted by Gasteiger charge is 2.22. The van der Waals surface area contributed by atoms with Crippen molar-refractivity contribution in [2.45, 2.75) is 19.3 Å². The molecule has 0 aromatic carbocycles. The van der Waals surface area contributed by atoms with E-state index in [0.717, 1.165) is 52.1 Å². The molecule has 2 rings (SSSR count). The van der Waals surface area contributed by atoms with Crippen molar-refractivity contribution >= 4 is 5.91 Å². The molecule has 2 aliphatic rings. The van der Waals surface area contributed by atoms with Crippen LogP contribution in [0.15, 0.2) is 0 Å². The van der Waals surface area contributed by atoms with E-state index in [0.29, 0.717) is 11.8 Å². The third-order valence-corrected chi connectivity index (χ3v) is 3.70. The van der Waals surface area contributed by atoms with Gasteiger partial charge in [0.15, 0.2) is 0 Å². The van der Waals surface area contributed by atoms with Gasteiger partial charge in [-0.2, -0.15) is 0 Å². The molecule has 1 unspecified atom stereocenters. The fraction of sp³-hybridized carbons (Fsp3) is 0.917. The van der Waals surface area contributed by atoms with Crippen LogP contribution in [0.5, 0.6) is 0 Å². The first-order valence-electron chi connectivity index (χ1n) is 6.43. The Morgan fingerprint density at radius 1 is 1.31 bits per heavy atom. The van der Waals surface area contributed by atoms with Crippen LogP contribution in [0.3, 0.4) is 0 Å². The van der Waals surface area contributed by atoms with Crippen molar-refractivity contribution in [3.05, 3.63) is 0 Å². The summed E-state index contributed by atoms with van der Waals surface area (Å²) in [6.45, 7) is 6.11. The minimum atomic E-state index is 0.365. The quantitative estimate of drug-likeness (QED) is 0.726. The molecular weight excluding hydrogens is 202 g/mol. The van der Waals surface area contributed by atoms with Crippen molar-refractivity contribution in [2.24, 2.45) is 5.92 Å². The Morgan fingerprint density at radius 2 is 2.19 bits per heavy atom. The molecular formula is C12H23N3O. The van der Waals surface area contributed by atoms with Crippen LogP contribution in [0.4, 0.5) is 0 Å². The van der Waals surface area contributed by atoms with Crippen molar-refractivity contribution in [2.75, 3.05) is 46.3 Å². The highest BCUT2D eigenvalue weighted by Crippen LogP contribution is 2.14. The largest absolute Gasteiger partial charge is 0.341 e. The van der Waals surface area contributed by atoms with Crippen LogP contribution >= 0.6 is 0 Å². The van der Waals surface area contributed by atoms with Gasteiger partial charge in [-0.1, -0.05) is 0 Å². The summed E-state index contributed by atoms with van der Waals surface area (Å²) in [6.07, 6.45) is 3.03. The van der Waals surface area contributed by atoms with E-state index in [-0.39, 0.29) is 0 Å². The zero-order valence-corrected chi connectivity index (χ0v) is 10.2. The summed E-state index contributed by atoms with van der Waals surface area (Å²) in [4.78, 5) is 16.5. The molecule has 0 aromatic heterocycles. The first-order chi connectivity index (χ1) is 7.75. The Bertz CT molecular complexity index is 238. The van der Waals surface area contributed by atoms with E-state index in [4.69, 9.17) is 0 Å². The minimum absolute atomic E-state index is 0.365. The number of likely N-dealkylation sites (N-methyl/N-ethyl adjacent to an activating group) is 1. The number of nitrogens with zero attached hydrogens (tertiary/aromatic N) is 2. The topological polar surface area (TPSA) is 35.6 Å². The van der Waals surface area contributed by atoms with Gasteiger partial charge >= 0.3 is 0 Å². The predicted molar refractivity (Wildman–Crippen MR) is 64.3 cm³/mol. The Labute approximate surface area is 98.0 Å². The molecule has 0 radical (unpaired) electrons. The molecule has 2 fully saturated rings. The summed E-state index contributed by atoms with van der Waals surface area (Å²) >= 11 is 0. The minimum Gasteiger partial charge on any atom is -0.341 e. The van der Waals surface area contributed by atoms with Gasteiger partial charge in [-0.25, -0.2) is 0 Å². The van der Waals surface area contributed by atoms with Crippen molar-refractivity contribution < 1.29 is 4.79 Å². The second kappa shape index (κ2) is 5.64. The van der Waals surface area contributed by atoms with Crippen molar-refractivity contribution in [1.29, 1.82) is 0 Å². The summed E-state index contributed by atoms with van der Waals surface area (Å²) in [6, 6.07) is 0. The molecule has 2 saturated heterocycles. The lowest BCUT2D eigenvalue weighted by Crippen LogP contribution is -2.35. The third kappa shape index (κ3) is 3.19. The van der Waals surface area contributed by atoms with Crippen LogP contribution < -0.4 is 5.32 Å². The first-order valence-corrected chi connectivity index (χ1v) is 6.43. The van der Waals surface area contributed by atoms with E-state index in [1.165, 1.54) is 6.42 Å². The summed E-state index contributed by atoms with van der Waals surface area (Å²) in [5.41, 5.74) is 0. The number of nitrogens with one attached hydrogen (secondary N) is 1. The normalized spacial score (nSPS) is 28.1. The second-order valence-electron chi connectivity index (χ2n) is 5.10. The number of amides is 1. The molecule has 4 heteroatoms. The molecule has 2 heterocycles. The van der Waals surface area contributed by atoms with Crippen molar-refractivity contribution in [1.82, 2.24) is 15.1 Å². The third-order valence-electron chi connectivity index (χ3n) is 3.70. The van der Waals surface area contributed by atoms with E-state index in [9.17, 15) is 4.79 Å². The lowest BCUT2D eigenvalue weighted by Gasteiger charge is -2.22. The Morgan fingerprint density at radius 3 is 2.94 bits per heavy atom. The molecule has 1 N–H and O–H groups in total. The fourth-order valence-corrected chi connectivity index (χ4v) is 2.56. The van der Waals surface area contributed by atoms with Gasteiger partial charge in [0.2, 0.25) is 5.91 Å². The van der Waals surface area contributed by atoms with Gasteiger partial charge in [0.05, 0.1) is 0 Å². The van der Waals surface area contributed by atoms with E-state index < -0.39 is 0 Å². The number of hydrogen-bond acceptors (Lipinski definition) is 3. The monoisotopic (exact) mass is 225 g/mol. The van der Waals surface area contributed by atoms with Crippen molar-refractivity contribution in [3.63, 3.8) is 0 Å². The lowest BCUT2D eigenvalue weighted by molar-refractivity contribution is -0.131. The van der Waals surface area contributed by atoms with E-state index >= 15 is 0 Å². The summed E-state index contributed by atoms with van der Waals surface area (Å²) in [5.74, 6) is 0.942. The van der Waals surface area contributed by atoms with Crippen molar-refractivity contribution in [3.8, 4) is 0 Å². The van der Waals surface area contributed by atoms with Gasteiger partial charge in [-0.3, -0.25) is 4.79 Å². The highest BCUT2D eigenvalue weighted by molar-refractivity contribution is 5.76. The standard InChI is InChI=1S/C12H23N3O/c1-14-5-2-6-15(8-7-14)12(16)9-11-3-4-13-10-11/h11,13H,2-10H2,1H3. The molecule has 16 heavy (non-hydrogen) atoms. The van der Waals surface area contributed by atoms with Crippen LogP contribution in [0.2, 0.25) is 0 Å². The van der Waals surface area contributed by atoms with E-state index in [1.807, 2.05) is 0 Å². The molecule has 4 nitrogen and oxygen atoms in total. The maximum Gasteiger partial charge on any atom is 0.222 e. The molecule has 1 atom stereocenters. The van der Waals surface area contributed by atoms with Crippen LogP contribution in [0.1, 0.15) is 19.3 Å². The maximum atomic E-state index is 12.1. The predicted octanol–water partition coefficient (Wildman–Crippen LogP) is 0.150. The second-order valence-corrected chi connectivity index (χ2v) is 5.10. The summed E-state index contributed by atoms with van der Waals surface area (Å²) in [5, 5.41) is 3.32. The van der Waals surface area contributed by atoms with E-state index in [2.05, 4.69) is 22.2 Å². The van der Waals surface area contributed by atoms with Crippen LogP contribution in [-0.4, -0.2) is 62.0 Å². The van der Waals surface area contributed by atoms with Gasteiger partial charge in [0.1, 0.15) is 0 Å².